The van der Waals surface area contributed by atoms with Crippen LogP contribution >= 0.6 is 0 Å². The molecule has 2 amide bonds. The number of carbonyl (C=O) groups excluding carboxylic acids is 3. The third-order valence-corrected chi connectivity index (χ3v) is 7.67. The van der Waals surface area contributed by atoms with Gasteiger partial charge >= 0.3 is 0 Å². The van der Waals surface area contributed by atoms with Gasteiger partial charge in [-0.3, -0.25) is 19.4 Å². The van der Waals surface area contributed by atoms with Crippen LogP contribution < -0.4 is 15.8 Å². The zero-order valence-electron chi connectivity index (χ0n) is 20.7. The standard InChI is InChI=1S/C27H34N6O3/c1-19(34)20-4-6-23(7-5-20)31-13-15-33(16-14-31)26(35)21-8-11-32(12-9-21)27(36)25-17-24(29-30-25)22-3-2-10-28-18-22/h2-7,10,18,21,24-25,29-30H,8-9,11-17H2,1H3. The third kappa shape index (κ3) is 5.27. The zero-order valence-corrected chi connectivity index (χ0v) is 20.7. The van der Waals surface area contributed by atoms with Crippen LogP contribution in [0, 0.1) is 5.92 Å². The molecule has 2 aromatic rings. The number of hydrazine groups is 1. The molecular weight excluding hydrogens is 456 g/mol. The van der Waals surface area contributed by atoms with Gasteiger partial charge in [0.1, 0.15) is 6.04 Å². The molecule has 0 aliphatic carbocycles. The Morgan fingerprint density at radius 1 is 0.861 bits per heavy atom. The summed E-state index contributed by atoms with van der Waals surface area (Å²) in [6, 6.07) is 11.4. The van der Waals surface area contributed by atoms with E-state index in [1.165, 1.54) is 0 Å². The number of hydrogen-bond donors (Lipinski definition) is 2. The van der Waals surface area contributed by atoms with Crippen molar-refractivity contribution in [3.8, 4) is 0 Å². The Bertz CT molecular complexity index is 1080. The molecule has 4 heterocycles. The summed E-state index contributed by atoms with van der Waals surface area (Å²) in [5.74, 6) is 0.359. The highest BCUT2D eigenvalue weighted by molar-refractivity contribution is 5.94. The molecule has 1 aromatic heterocycles. The van der Waals surface area contributed by atoms with Crippen LogP contribution in [0.5, 0.6) is 0 Å². The van der Waals surface area contributed by atoms with E-state index < -0.39 is 0 Å². The number of anilines is 1. The lowest BCUT2D eigenvalue weighted by molar-refractivity contribution is -0.141. The summed E-state index contributed by atoms with van der Waals surface area (Å²) < 4.78 is 0. The second-order valence-corrected chi connectivity index (χ2v) is 9.93. The Morgan fingerprint density at radius 2 is 1.56 bits per heavy atom. The first kappa shape index (κ1) is 24.4. The molecule has 0 radical (unpaired) electrons. The number of aromatic nitrogens is 1. The monoisotopic (exact) mass is 490 g/mol. The fourth-order valence-electron chi connectivity index (χ4n) is 5.44. The van der Waals surface area contributed by atoms with E-state index >= 15 is 0 Å². The number of amides is 2. The predicted octanol–water partition coefficient (Wildman–Crippen LogP) is 1.78. The lowest BCUT2D eigenvalue weighted by Crippen LogP contribution is -2.53. The Kier molecular flexibility index (Phi) is 7.29. The summed E-state index contributed by atoms with van der Waals surface area (Å²) in [5.41, 5.74) is 9.23. The third-order valence-electron chi connectivity index (χ3n) is 7.67. The zero-order chi connectivity index (χ0) is 25.1. The number of benzene rings is 1. The van der Waals surface area contributed by atoms with Crippen molar-refractivity contribution in [1.29, 1.82) is 0 Å². The van der Waals surface area contributed by atoms with Crippen LogP contribution in [-0.2, 0) is 9.59 Å². The largest absolute Gasteiger partial charge is 0.368 e. The number of rotatable bonds is 5. The quantitative estimate of drug-likeness (QED) is 0.617. The van der Waals surface area contributed by atoms with E-state index in [1.54, 1.807) is 13.1 Å². The predicted molar refractivity (Wildman–Crippen MR) is 136 cm³/mol. The second kappa shape index (κ2) is 10.8. The van der Waals surface area contributed by atoms with Crippen LogP contribution in [0.2, 0.25) is 0 Å². The fourth-order valence-corrected chi connectivity index (χ4v) is 5.44. The number of ketones is 1. The molecule has 3 saturated heterocycles. The van der Waals surface area contributed by atoms with Gasteiger partial charge in [-0.25, -0.2) is 10.9 Å². The van der Waals surface area contributed by atoms with Gasteiger partial charge in [0.15, 0.2) is 5.78 Å². The number of Topliss-reactive ketones (excluding diaryl/α,β-unsaturated/α-hetero) is 1. The van der Waals surface area contributed by atoms with Gasteiger partial charge in [0.25, 0.3) is 0 Å². The van der Waals surface area contributed by atoms with E-state index in [1.807, 2.05) is 52.4 Å². The van der Waals surface area contributed by atoms with Crippen LogP contribution in [0.3, 0.4) is 0 Å². The Labute approximate surface area is 211 Å². The van der Waals surface area contributed by atoms with Gasteiger partial charge in [-0.15, -0.1) is 0 Å². The van der Waals surface area contributed by atoms with Crippen molar-refractivity contribution in [2.45, 2.75) is 38.3 Å². The molecule has 0 spiro atoms. The normalized spacial score (nSPS) is 23.1. The summed E-state index contributed by atoms with van der Waals surface area (Å²) in [4.78, 5) is 48.1. The van der Waals surface area contributed by atoms with Gasteiger partial charge < -0.3 is 14.7 Å². The lowest BCUT2D eigenvalue weighted by Gasteiger charge is -2.39. The van der Waals surface area contributed by atoms with Crippen molar-refractivity contribution in [2.24, 2.45) is 5.92 Å². The molecule has 3 aliphatic rings. The number of hydrogen-bond acceptors (Lipinski definition) is 7. The van der Waals surface area contributed by atoms with Crippen molar-refractivity contribution in [3.05, 3.63) is 59.9 Å². The number of piperidine rings is 1. The van der Waals surface area contributed by atoms with Crippen LogP contribution in [0.25, 0.3) is 0 Å². The van der Waals surface area contributed by atoms with E-state index in [0.29, 0.717) is 51.0 Å². The average Bonchev–Trinajstić information content (AvgIpc) is 3.43. The SMILES string of the molecule is CC(=O)c1ccc(N2CCN(C(=O)C3CCN(C(=O)C4CC(c5cccnc5)NN4)CC3)CC2)cc1. The molecule has 5 rings (SSSR count). The van der Waals surface area contributed by atoms with E-state index in [0.717, 1.165) is 24.3 Å². The van der Waals surface area contributed by atoms with Crippen molar-refractivity contribution >= 4 is 23.3 Å². The first-order valence-corrected chi connectivity index (χ1v) is 12.8. The van der Waals surface area contributed by atoms with Crippen molar-refractivity contribution in [1.82, 2.24) is 25.6 Å². The lowest BCUT2D eigenvalue weighted by atomic mass is 9.94. The van der Waals surface area contributed by atoms with Gasteiger partial charge in [0.2, 0.25) is 11.8 Å². The van der Waals surface area contributed by atoms with Gasteiger partial charge in [0.05, 0.1) is 0 Å². The summed E-state index contributed by atoms with van der Waals surface area (Å²) in [6.45, 7) is 5.75. The van der Waals surface area contributed by atoms with Crippen LogP contribution in [0.15, 0.2) is 48.8 Å². The first-order chi connectivity index (χ1) is 17.5. The smallest absolute Gasteiger partial charge is 0.241 e. The molecule has 9 heteroatoms. The number of pyridine rings is 1. The van der Waals surface area contributed by atoms with Gasteiger partial charge in [-0.2, -0.15) is 0 Å². The Balaban J connectivity index is 1.07. The number of nitrogens with one attached hydrogen (secondary N) is 2. The first-order valence-electron chi connectivity index (χ1n) is 12.8. The minimum absolute atomic E-state index is 0.0201. The molecule has 3 aliphatic heterocycles. The van der Waals surface area contributed by atoms with Crippen molar-refractivity contribution < 1.29 is 14.4 Å². The Hall–Kier alpha value is -3.30. The number of likely N-dealkylation sites (tertiary alicyclic amines) is 1. The number of piperazine rings is 1. The maximum atomic E-state index is 13.2. The van der Waals surface area contributed by atoms with E-state index in [2.05, 4.69) is 20.7 Å². The van der Waals surface area contributed by atoms with Gasteiger partial charge in [0, 0.05) is 74.9 Å². The fraction of sp³-hybridized carbons (Fsp3) is 0.481. The number of nitrogens with zero attached hydrogens (tertiary/aromatic N) is 4. The average molecular weight is 491 g/mol. The molecule has 9 nitrogen and oxygen atoms in total. The van der Waals surface area contributed by atoms with E-state index in [-0.39, 0.29) is 35.6 Å². The highest BCUT2D eigenvalue weighted by Crippen LogP contribution is 2.26. The molecule has 3 fully saturated rings. The van der Waals surface area contributed by atoms with Crippen LogP contribution in [0.4, 0.5) is 5.69 Å². The molecule has 2 atom stereocenters. The maximum Gasteiger partial charge on any atom is 0.241 e. The summed E-state index contributed by atoms with van der Waals surface area (Å²) >= 11 is 0. The topological polar surface area (TPSA) is 97.9 Å². The van der Waals surface area contributed by atoms with Gasteiger partial charge in [-0.1, -0.05) is 6.07 Å². The summed E-state index contributed by atoms with van der Waals surface area (Å²) in [5, 5.41) is 0. The number of carbonyl (C=O) groups is 3. The second-order valence-electron chi connectivity index (χ2n) is 9.93. The van der Waals surface area contributed by atoms with Gasteiger partial charge in [-0.05, 0) is 62.1 Å². The van der Waals surface area contributed by atoms with Crippen molar-refractivity contribution in [3.63, 3.8) is 0 Å². The molecule has 190 valence electrons. The highest BCUT2D eigenvalue weighted by Gasteiger charge is 2.36. The molecule has 2 N–H and O–H groups in total. The van der Waals surface area contributed by atoms with E-state index in [9.17, 15) is 14.4 Å². The summed E-state index contributed by atoms with van der Waals surface area (Å²) in [7, 11) is 0. The molecule has 36 heavy (non-hydrogen) atoms. The van der Waals surface area contributed by atoms with Crippen molar-refractivity contribution in [2.75, 3.05) is 44.2 Å². The minimum atomic E-state index is -0.264. The molecule has 0 bridgehead atoms. The highest BCUT2D eigenvalue weighted by atomic mass is 16.2. The summed E-state index contributed by atoms with van der Waals surface area (Å²) in [6.07, 6.45) is 5.68. The molecule has 1 aromatic carbocycles. The van der Waals surface area contributed by atoms with Crippen LogP contribution in [-0.4, -0.2) is 77.7 Å². The minimum Gasteiger partial charge on any atom is -0.368 e. The molecule has 2 unspecified atom stereocenters. The molecule has 0 saturated carbocycles. The van der Waals surface area contributed by atoms with Crippen LogP contribution in [0.1, 0.15) is 48.1 Å². The van der Waals surface area contributed by atoms with E-state index in [4.69, 9.17) is 0 Å². The molecular formula is C27H34N6O3. The maximum absolute atomic E-state index is 13.2. The Morgan fingerprint density at radius 3 is 2.19 bits per heavy atom.